The van der Waals surface area contributed by atoms with Crippen molar-refractivity contribution in [3.8, 4) is 0 Å². The van der Waals surface area contributed by atoms with Gasteiger partial charge in [0.1, 0.15) is 9.79 Å². The Hall–Kier alpha value is -5.18. The van der Waals surface area contributed by atoms with E-state index in [2.05, 4.69) is 51.2 Å². The molecule has 0 atom stereocenters. The van der Waals surface area contributed by atoms with Crippen molar-refractivity contribution in [3.05, 3.63) is 47.5 Å². The molecule has 0 fully saturated rings. The van der Waals surface area contributed by atoms with E-state index in [1.807, 2.05) is 0 Å². The molecular weight excluding hydrogens is 592 g/mol. The largest absolute Gasteiger partial charge is 0.368 e. The van der Waals surface area contributed by atoms with Crippen molar-refractivity contribution in [1.29, 1.82) is 0 Å². The Kier molecular flexibility index (Phi) is 8.33. The summed E-state index contributed by atoms with van der Waals surface area (Å²) in [5, 5.41) is 10.9. The first-order valence-electron chi connectivity index (χ1n) is 11.6. The number of nitrogen functional groups attached to an aromatic ring is 2. The Balaban J connectivity index is 1.68. The van der Waals surface area contributed by atoms with Gasteiger partial charge in [-0.25, -0.2) is 0 Å². The van der Waals surface area contributed by atoms with E-state index in [-0.39, 0.29) is 58.2 Å². The van der Waals surface area contributed by atoms with Crippen LogP contribution in [0.4, 0.5) is 47.1 Å². The minimum Gasteiger partial charge on any atom is -0.368 e. The Labute approximate surface area is 239 Å². The molecule has 2 aromatic carbocycles. The summed E-state index contributed by atoms with van der Waals surface area (Å²) in [6.07, 6.45) is 2.49. The molecule has 10 N–H and O–H groups in total. The number of hydrogen-bond donors (Lipinski definition) is 8. The van der Waals surface area contributed by atoms with Gasteiger partial charge in [-0.15, -0.1) is 0 Å². The molecule has 0 saturated carbocycles. The van der Waals surface area contributed by atoms with Crippen molar-refractivity contribution in [3.63, 3.8) is 0 Å². The molecule has 4 aromatic rings. The summed E-state index contributed by atoms with van der Waals surface area (Å²) in [4.78, 5) is 22.6. The number of nitrogens with two attached hydrogens (primary N) is 2. The molecule has 20 heteroatoms. The van der Waals surface area contributed by atoms with Crippen LogP contribution in [-0.2, 0) is 20.2 Å². The van der Waals surface area contributed by atoms with Gasteiger partial charge in [-0.3, -0.25) is 9.11 Å². The summed E-state index contributed by atoms with van der Waals surface area (Å²) in [6, 6.07) is 7.85. The van der Waals surface area contributed by atoms with Crippen LogP contribution in [0.5, 0.6) is 0 Å². The zero-order valence-electron chi connectivity index (χ0n) is 21.8. The molecule has 2 heterocycles. The van der Waals surface area contributed by atoms with Crippen LogP contribution in [0.25, 0.3) is 12.2 Å². The highest BCUT2D eigenvalue weighted by molar-refractivity contribution is 7.86. The van der Waals surface area contributed by atoms with Gasteiger partial charge in [0.2, 0.25) is 35.7 Å². The predicted molar refractivity (Wildman–Crippen MR) is 156 cm³/mol. The first kappa shape index (κ1) is 29.8. The van der Waals surface area contributed by atoms with Crippen LogP contribution in [0.2, 0.25) is 0 Å². The zero-order chi connectivity index (χ0) is 30.7. The van der Waals surface area contributed by atoms with Crippen molar-refractivity contribution in [2.75, 3.05) is 46.8 Å². The van der Waals surface area contributed by atoms with Crippen LogP contribution < -0.4 is 32.7 Å². The quantitative estimate of drug-likeness (QED) is 0.0923. The van der Waals surface area contributed by atoms with Gasteiger partial charge in [0.05, 0.1) is 0 Å². The van der Waals surface area contributed by atoms with Crippen molar-refractivity contribution in [2.24, 2.45) is 0 Å². The van der Waals surface area contributed by atoms with Crippen molar-refractivity contribution >= 4 is 79.5 Å². The van der Waals surface area contributed by atoms with Crippen LogP contribution in [-0.4, -0.2) is 69.9 Å². The van der Waals surface area contributed by atoms with E-state index < -0.39 is 30.0 Å². The topological polar surface area (TPSA) is 286 Å². The maximum atomic E-state index is 12.2. The van der Waals surface area contributed by atoms with Gasteiger partial charge in [-0.1, -0.05) is 24.3 Å². The Morgan fingerprint density at radius 2 is 0.976 bits per heavy atom. The Morgan fingerprint density at radius 3 is 1.31 bits per heavy atom. The van der Waals surface area contributed by atoms with Crippen LogP contribution in [0.3, 0.4) is 0 Å². The maximum Gasteiger partial charge on any atom is 0.295 e. The van der Waals surface area contributed by atoms with Gasteiger partial charge in [0.15, 0.2) is 0 Å². The molecule has 0 amide bonds. The Morgan fingerprint density at radius 1 is 0.619 bits per heavy atom. The van der Waals surface area contributed by atoms with Crippen molar-refractivity contribution < 1.29 is 25.9 Å². The summed E-state index contributed by atoms with van der Waals surface area (Å²) in [5.41, 5.74) is 11.7. The number of nitrogens with one attached hydrogen (secondary N) is 4. The molecule has 0 spiro atoms. The fraction of sp³-hybridized carbons (Fsp3) is 0.0909. The lowest BCUT2D eigenvalue weighted by Crippen LogP contribution is -2.08. The van der Waals surface area contributed by atoms with Crippen LogP contribution in [0.1, 0.15) is 11.1 Å². The van der Waals surface area contributed by atoms with E-state index in [9.17, 15) is 25.9 Å². The van der Waals surface area contributed by atoms with E-state index in [1.165, 1.54) is 36.4 Å². The third-order valence-electron chi connectivity index (χ3n) is 5.29. The van der Waals surface area contributed by atoms with Crippen LogP contribution in [0.15, 0.2) is 46.2 Å². The van der Waals surface area contributed by atoms with E-state index in [1.54, 1.807) is 14.1 Å². The minimum absolute atomic E-state index is 0.00197. The Bertz CT molecular complexity index is 1770. The third-order valence-corrected chi connectivity index (χ3v) is 7.11. The second-order valence-corrected chi connectivity index (χ2v) is 11.0. The number of benzene rings is 2. The summed E-state index contributed by atoms with van der Waals surface area (Å²) in [6.45, 7) is 0. The first-order valence-corrected chi connectivity index (χ1v) is 14.5. The highest BCUT2D eigenvalue weighted by Gasteiger charge is 2.18. The second-order valence-electron chi connectivity index (χ2n) is 8.22. The van der Waals surface area contributed by atoms with Gasteiger partial charge < -0.3 is 32.7 Å². The number of anilines is 8. The number of hydrogen-bond acceptors (Lipinski definition) is 16. The van der Waals surface area contributed by atoms with Crippen molar-refractivity contribution in [2.45, 2.75) is 9.79 Å². The van der Waals surface area contributed by atoms with Gasteiger partial charge in [0.25, 0.3) is 20.2 Å². The molecule has 42 heavy (non-hydrogen) atoms. The van der Waals surface area contributed by atoms with Gasteiger partial charge in [-0.05, 0) is 35.4 Å². The van der Waals surface area contributed by atoms with E-state index in [0.29, 0.717) is 0 Å². The average Bonchev–Trinajstić information content (AvgIpc) is 2.91. The molecular formula is C22H24N12O6S2. The maximum absolute atomic E-state index is 12.2. The third kappa shape index (κ3) is 7.31. The van der Waals surface area contributed by atoms with Gasteiger partial charge >= 0.3 is 0 Å². The molecule has 0 aliphatic heterocycles. The molecule has 0 bridgehead atoms. The molecule has 4 rings (SSSR count). The number of aromatic nitrogens is 6. The highest BCUT2D eigenvalue weighted by atomic mass is 32.2. The standard InChI is InChI=1S/C22H24N12O6S2/c1-25-19-29-17(23)31-21(33-19)27-13-7-5-11(15(9-13)41(35,36)37)3-4-12-6-8-14(10-16(12)42(38,39)40)28-22-32-18(24)30-20(26-2)34-22/h3-10H,1-2H3,(H,35,36,37)(H,38,39,40)(H4,23,25,27,29,31,33)(H4,24,26,28,30,32,34). The lowest BCUT2D eigenvalue weighted by molar-refractivity contribution is 0.480. The summed E-state index contributed by atoms with van der Waals surface area (Å²) in [5.74, 6) is 0.144. The predicted octanol–water partition coefficient (Wildman–Crippen LogP) is 1.46. The number of nitrogens with zero attached hydrogens (tertiary/aromatic N) is 6. The molecule has 0 saturated heterocycles. The van der Waals surface area contributed by atoms with E-state index in [4.69, 9.17) is 11.5 Å². The normalized spacial score (nSPS) is 11.8. The van der Waals surface area contributed by atoms with E-state index in [0.717, 1.165) is 12.1 Å². The molecule has 0 unspecified atom stereocenters. The SMILES string of the molecule is CNc1nc(N)nc(Nc2ccc(C=Cc3ccc(Nc4nc(N)nc(NC)n4)cc3S(=O)(=O)O)c(S(=O)(=O)O)c2)n1. The smallest absolute Gasteiger partial charge is 0.295 e. The van der Waals surface area contributed by atoms with Crippen LogP contribution in [0, 0.1) is 0 Å². The molecule has 0 aliphatic carbocycles. The molecule has 0 aliphatic rings. The van der Waals surface area contributed by atoms with Crippen LogP contribution >= 0.6 is 0 Å². The zero-order valence-corrected chi connectivity index (χ0v) is 23.4. The summed E-state index contributed by atoms with van der Waals surface area (Å²) < 4.78 is 68.5. The molecule has 220 valence electrons. The van der Waals surface area contributed by atoms with E-state index >= 15 is 0 Å². The van der Waals surface area contributed by atoms with Gasteiger partial charge in [0, 0.05) is 25.5 Å². The second kappa shape index (κ2) is 11.7. The monoisotopic (exact) mass is 616 g/mol. The molecule has 18 nitrogen and oxygen atoms in total. The first-order chi connectivity index (χ1) is 19.7. The lowest BCUT2D eigenvalue weighted by Gasteiger charge is -2.11. The fourth-order valence-electron chi connectivity index (χ4n) is 3.50. The number of rotatable bonds is 10. The molecule has 0 radical (unpaired) electrons. The summed E-state index contributed by atoms with van der Waals surface area (Å²) in [7, 11) is -6.38. The summed E-state index contributed by atoms with van der Waals surface area (Å²) >= 11 is 0. The highest BCUT2D eigenvalue weighted by Crippen LogP contribution is 2.28. The van der Waals surface area contributed by atoms with Gasteiger partial charge in [-0.2, -0.15) is 46.7 Å². The fourth-order valence-corrected chi connectivity index (χ4v) is 4.92. The van der Waals surface area contributed by atoms with Crippen molar-refractivity contribution in [1.82, 2.24) is 29.9 Å². The minimum atomic E-state index is -4.76. The molecule has 2 aromatic heterocycles. The average molecular weight is 617 g/mol. The lowest BCUT2D eigenvalue weighted by atomic mass is 10.1.